The number of hydrogen-bond donors (Lipinski definition) is 2. The first-order chi connectivity index (χ1) is 31.5. The lowest BCUT2D eigenvalue weighted by atomic mass is 9.55. The first-order valence-electron chi connectivity index (χ1n) is 22.4. The SMILES string of the molecule is C=CCO[C@@]12Oc3ccc(Oc4ccc(C)c(C)c4)cc3[C@H]3[C@H](CCCCO)[C@@H](CCCCO)C=C(C(=NOCc4ccc([N+](=O)[O-])cc4)C[C@@H]1N(C)C(=O)c1ccc4c(c1)OCO4)[C@H]32. The monoisotopic (exact) mass is 887 g/mol. The van der Waals surface area contributed by atoms with Gasteiger partial charge >= 0.3 is 0 Å². The van der Waals surface area contributed by atoms with E-state index in [1.54, 1.807) is 48.4 Å². The summed E-state index contributed by atoms with van der Waals surface area (Å²) < 4.78 is 32.2. The quantitative estimate of drug-likeness (QED) is 0.0398. The van der Waals surface area contributed by atoms with Crippen LogP contribution in [0.1, 0.15) is 83.5 Å². The molecule has 0 aromatic heterocycles. The number of likely N-dealkylation sites (N-methyl/N-ethyl adjacent to an activating group) is 1. The fourth-order valence-electron chi connectivity index (χ4n) is 9.98. The molecule has 2 aliphatic heterocycles. The van der Waals surface area contributed by atoms with Gasteiger partial charge in [0.1, 0.15) is 29.9 Å². The maximum absolute atomic E-state index is 14.8. The Bertz CT molecular complexity index is 2450. The molecule has 65 heavy (non-hydrogen) atoms. The Balaban J connectivity index is 1.29. The third-order valence-corrected chi connectivity index (χ3v) is 13.3. The average Bonchev–Trinajstić information content (AvgIpc) is 3.79. The summed E-state index contributed by atoms with van der Waals surface area (Å²) in [6.45, 7) is 8.49. The topological polar surface area (TPSA) is 172 Å². The van der Waals surface area contributed by atoms with E-state index in [0.717, 1.165) is 47.9 Å². The number of nitro benzene ring substituents is 1. The van der Waals surface area contributed by atoms with Crippen LogP contribution in [0.3, 0.4) is 0 Å². The zero-order chi connectivity index (χ0) is 45.7. The fourth-order valence-corrected chi connectivity index (χ4v) is 9.98. The number of nitro groups is 1. The zero-order valence-electron chi connectivity index (χ0n) is 37.1. The van der Waals surface area contributed by atoms with Crippen molar-refractivity contribution in [2.45, 2.75) is 83.1 Å². The van der Waals surface area contributed by atoms with Crippen molar-refractivity contribution >= 4 is 17.3 Å². The molecule has 14 nitrogen and oxygen atoms in total. The fraction of sp³-hybridized carbons (Fsp3) is 0.412. The number of ether oxygens (including phenoxy) is 5. The number of non-ortho nitro benzene ring substituents is 1. The van der Waals surface area contributed by atoms with Gasteiger partial charge in [0.25, 0.3) is 11.6 Å². The minimum absolute atomic E-state index is 0.0103. The molecule has 1 fully saturated rings. The Morgan fingerprint density at radius 2 is 1.65 bits per heavy atom. The van der Waals surface area contributed by atoms with Gasteiger partial charge in [-0.05, 0) is 134 Å². The molecule has 0 saturated heterocycles. The van der Waals surface area contributed by atoms with Crippen molar-refractivity contribution in [2.75, 3.05) is 33.7 Å². The standard InChI is InChI=1S/C51H57N3O11/c1-5-24-62-51-47(53(4)50(57)36-15-20-45-46(27-36)61-31-60-45)29-43(52-63-30-34-13-16-37(17-14-34)54(58)59)41-26-35(10-6-8-22-55)40(11-7-9-23-56)48(49(41)51)42-28-39(19-21-44(42)65-51)64-38-18-12-32(2)33(3)25-38/h5,12-21,25-28,35,40,47-49,55-56H,1,6-11,22-24,29-31H2,2-4H3/t35-,40+,47-,48+,49+,51+/m0/s1. The van der Waals surface area contributed by atoms with Crippen LogP contribution in [0.25, 0.3) is 0 Å². The van der Waals surface area contributed by atoms with E-state index in [4.69, 9.17) is 33.7 Å². The molecule has 0 spiro atoms. The molecule has 2 N–H and O–H groups in total. The predicted molar refractivity (Wildman–Crippen MR) is 243 cm³/mol. The van der Waals surface area contributed by atoms with Crippen LogP contribution in [-0.4, -0.2) is 77.1 Å². The highest BCUT2D eigenvalue weighted by Gasteiger charge is 2.65. The van der Waals surface area contributed by atoms with Gasteiger partial charge in [0.15, 0.2) is 11.5 Å². The highest BCUT2D eigenvalue weighted by molar-refractivity contribution is 6.03. The van der Waals surface area contributed by atoms with Crippen molar-refractivity contribution in [2.24, 2.45) is 22.9 Å². The van der Waals surface area contributed by atoms with Gasteiger partial charge < -0.3 is 43.6 Å². The molecule has 1 saturated carbocycles. The number of allylic oxidation sites excluding steroid dienone is 1. The molecule has 2 aliphatic carbocycles. The second-order valence-electron chi connectivity index (χ2n) is 17.3. The van der Waals surface area contributed by atoms with E-state index in [1.807, 2.05) is 30.3 Å². The van der Waals surface area contributed by atoms with Gasteiger partial charge in [-0.25, -0.2) is 0 Å². The van der Waals surface area contributed by atoms with Crippen molar-refractivity contribution < 1.29 is 48.5 Å². The van der Waals surface area contributed by atoms with Gasteiger partial charge in [0.05, 0.1) is 23.2 Å². The lowest BCUT2D eigenvalue weighted by molar-refractivity contribution is -0.384. The zero-order valence-corrected chi connectivity index (χ0v) is 37.1. The van der Waals surface area contributed by atoms with Crippen LogP contribution in [0.15, 0.2) is 108 Å². The summed E-state index contributed by atoms with van der Waals surface area (Å²) in [5.74, 6) is 0.462. The third-order valence-electron chi connectivity index (χ3n) is 13.3. The Labute approximate surface area is 379 Å². The smallest absolute Gasteiger partial charge is 0.269 e. The molecular weight excluding hydrogens is 831 g/mol. The highest BCUT2D eigenvalue weighted by atomic mass is 16.7. The van der Waals surface area contributed by atoms with Crippen LogP contribution < -0.4 is 18.9 Å². The Kier molecular flexibility index (Phi) is 13.9. The lowest BCUT2D eigenvalue weighted by Gasteiger charge is -2.59. The molecule has 4 aromatic carbocycles. The highest BCUT2D eigenvalue weighted by Crippen LogP contribution is 2.62. The van der Waals surface area contributed by atoms with Gasteiger partial charge in [-0.3, -0.25) is 14.9 Å². The van der Waals surface area contributed by atoms with Crippen molar-refractivity contribution in [3.63, 3.8) is 0 Å². The molecule has 1 amide bonds. The number of unbranched alkanes of at least 4 members (excludes halogenated alkanes) is 2. The molecule has 8 rings (SSSR count). The van der Waals surface area contributed by atoms with E-state index in [9.17, 15) is 25.1 Å². The summed E-state index contributed by atoms with van der Waals surface area (Å²) in [4.78, 5) is 33.5. The van der Waals surface area contributed by atoms with Crippen LogP contribution in [-0.2, 0) is 16.2 Å². The maximum Gasteiger partial charge on any atom is 0.269 e. The van der Waals surface area contributed by atoms with E-state index in [1.165, 1.54) is 12.1 Å². The van der Waals surface area contributed by atoms with E-state index >= 15 is 0 Å². The molecular formula is C51H57N3O11. The van der Waals surface area contributed by atoms with E-state index in [0.29, 0.717) is 58.4 Å². The number of benzene rings is 4. The molecule has 4 aromatic rings. The number of oxime groups is 1. The summed E-state index contributed by atoms with van der Waals surface area (Å²) in [6, 6.07) is 22.4. The van der Waals surface area contributed by atoms with Crippen LogP contribution >= 0.6 is 0 Å². The number of aliphatic hydroxyl groups excluding tert-OH is 2. The number of carbonyl (C=O) groups excluding carboxylic acids is 1. The van der Waals surface area contributed by atoms with E-state index in [-0.39, 0.29) is 69.0 Å². The van der Waals surface area contributed by atoms with E-state index < -0.39 is 22.7 Å². The molecule has 0 unspecified atom stereocenters. The number of rotatable bonds is 19. The normalized spacial score (nSPS) is 23.1. The second kappa shape index (κ2) is 19.9. The van der Waals surface area contributed by atoms with Gasteiger partial charge in [-0.1, -0.05) is 36.2 Å². The number of amides is 1. The van der Waals surface area contributed by atoms with Gasteiger partial charge in [-0.2, -0.15) is 0 Å². The Morgan fingerprint density at radius 3 is 2.38 bits per heavy atom. The van der Waals surface area contributed by atoms with E-state index in [2.05, 4.69) is 32.6 Å². The van der Waals surface area contributed by atoms with Gasteiger partial charge in [-0.15, -0.1) is 6.58 Å². The number of nitrogens with zero attached hydrogens (tertiary/aromatic N) is 3. The van der Waals surface area contributed by atoms with Crippen molar-refractivity contribution in [1.29, 1.82) is 0 Å². The minimum Gasteiger partial charge on any atom is -0.459 e. The van der Waals surface area contributed by atoms with Crippen molar-refractivity contribution in [3.8, 4) is 28.7 Å². The summed E-state index contributed by atoms with van der Waals surface area (Å²) in [7, 11) is 1.74. The molecule has 342 valence electrons. The van der Waals surface area contributed by atoms with Crippen LogP contribution in [0.4, 0.5) is 5.69 Å². The Hall–Kier alpha value is -6.22. The first kappa shape index (κ1) is 45.4. The number of carbonyl (C=O) groups is 1. The lowest BCUT2D eigenvalue weighted by Crippen LogP contribution is -2.69. The van der Waals surface area contributed by atoms with Crippen LogP contribution in [0.5, 0.6) is 28.7 Å². The summed E-state index contributed by atoms with van der Waals surface area (Å²) >= 11 is 0. The second-order valence-corrected chi connectivity index (χ2v) is 17.3. The molecule has 14 heteroatoms. The van der Waals surface area contributed by atoms with Crippen molar-refractivity contribution in [1.82, 2.24) is 4.90 Å². The van der Waals surface area contributed by atoms with Crippen LogP contribution in [0.2, 0.25) is 0 Å². The van der Waals surface area contributed by atoms with Gasteiger partial charge in [0.2, 0.25) is 12.6 Å². The summed E-state index contributed by atoms with van der Waals surface area (Å²) in [5, 5.41) is 36.2. The number of fused-ring (bicyclic) bond motifs is 3. The summed E-state index contributed by atoms with van der Waals surface area (Å²) in [5.41, 5.74) is 5.75. The van der Waals surface area contributed by atoms with Crippen molar-refractivity contribution in [3.05, 3.63) is 141 Å². The molecule has 6 atom stereocenters. The van der Waals surface area contributed by atoms with Crippen LogP contribution in [0, 0.1) is 41.7 Å². The average molecular weight is 888 g/mol. The third kappa shape index (κ3) is 9.33. The number of aliphatic hydroxyl groups is 2. The maximum atomic E-state index is 14.8. The van der Waals surface area contributed by atoms with Gasteiger partial charge in [0, 0.05) is 55.9 Å². The molecule has 0 bridgehead atoms. The number of hydrogen-bond acceptors (Lipinski definition) is 12. The molecule has 0 radical (unpaired) electrons. The first-order valence-corrected chi connectivity index (χ1v) is 22.4. The molecule has 2 heterocycles. The predicted octanol–water partition coefficient (Wildman–Crippen LogP) is 9.34. The summed E-state index contributed by atoms with van der Waals surface area (Å²) in [6.07, 6.45) is 8.53. The Morgan fingerprint density at radius 1 is 0.923 bits per heavy atom. The largest absolute Gasteiger partial charge is 0.459 e. The minimum atomic E-state index is -1.46. The number of aryl methyl sites for hydroxylation is 2. The molecule has 4 aliphatic rings.